The standard InChI is InChI=1S/C21H20ClF4N5O2S2/c1-30(14-3-5-31(10-14)9-13-2-4-27-19(6-13)21(24,25)26)17-8-16(23)18(7-15(17)22)35(32,33)29-20-11-34-12-28-20/h2,4,6-8,11-12,14,29H,3,5,9-10H2,1H3. The number of alkyl halides is 3. The van der Waals surface area contributed by atoms with Gasteiger partial charge in [-0.3, -0.25) is 14.6 Å². The summed E-state index contributed by atoms with van der Waals surface area (Å²) in [5.74, 6) is -0.889. The number of anilines is 2. The van der Waals surface area contributed by atoms with Gasteiger partial charge in [-0.25, -0.2) is 17.8 Å². The first-order valence-electron chi connectivity index (χ1n) is 10.3. The topological polar surface area (TPSA) is 78.4 Å². The Balaban J connectivity index is 1.46. The number of likely N-dealkylation sites (tertiary alicyclic amines) is 1. The zero-order chi connectivity index (χ0) is 25.4. The number of likely N-dealkylation sites (N-methyl/N-ethyl adjacent to an activating group) is 1. The molecular weight excluding hydrogens is 530 g/mol. The molecule has 7 nitrogen and oxygen atoms in total. The lowest BCUT2D eigenvalue weighted by atomic mass is 10.2. The maximum absolute atomic E-state index is 14.9. The second-order valence-electron chi connectivity index (χ2n) is 8.05. The highest BCUT2D eigenvalue weighted by atomic mass is 35.5. The van der Waals surface area contributed by atoms with Crippen molar-refractivity contribution in [2.24, 2.45) is 0 Å². The lowest BCUT2D eigenvalue weighted by Gasteiger charge is -2.28. The molecule has 1 aromatic carbocycles. The Labute approximate surface area is 208 Å². The lowest BCUT2D eigenvalue weighted by molar-refractivity contribution is -0.141. The van der Waals surface area contributed by atoms with Crippen molar-refractivity contribution in [3.05, 3.63) is 63.5 Å². The fourth-order valence-corrected chi connectivity index (χ4v) is 5.91. The van der Waals surface area contributed by atoms with E-state index in [2.05, 4.69) is 14.7 Å². The number of hydrogen-bond acceptors (Lipinski definition) is 7. The molecule has 3 heterocycles. The van der Waals surface area contributed by atoms with Gasteiger partial charge in [0.05, 0.1) is 16.2 Å². The number of nitrogens with one attached hydrogen (secondary N) is 1. The maximum Gasteiger partial charge on any atom is 0.433 e. The third-order valence-electron chi connectivity index (χ3n) is 5.66. The molecule has 188 valence electrons. The minimum Gasteiger partial charge on any atom is -0.369 e. The summed E-state index contributed by atoms with van der Waals surface area (Å²) in [5.41, 5.74) is 1.30. The highest BCUT2D eigenvalue weighted by Crippen LogP contribution is 2.34. The van der Waals surface area contributed by atoms with E-state index < -0.39 is 32.6 Å². The molecule has 4 rings (SSSR count). The number of nitrogens with zero attached hydrogens (tertiary/aromatic N) is 4. The van der Waals surface area contributed by atoms with Crippen molar-refractivity contribution >= 4 is 44.5 Å². The molecule has 0 spiro atoms. The van der Waals surface area contributed by atoms with E-state index in [1.807, 2.05) is 4.90 Å². The third kappa shape index (κ3) is 5.85. The van der Waals surface area contributed by atoms with E-state index in [9.17, 15) is 26.0 Å². The number of sulfonamides is 1. The van der Waals surface area contributed by atoms with E-state index in [4.69, 9.17) is 11.6 Å². The van der Waals surface area contributed by atoms with Crippen LogP contribution in [-0.2, 0) is 22.7 Å². The van der Waals surface area contributed by atoms with Gasteiger partial charge < -0.3 is 4.90 Å². The Morgan fingerprint density at radius 1 is 1.29 bits per heavy atom. The quantitative estimate of drug-likeness (QED) is 0.424. The summed E-state index contributed by atoms with van der Waals surface area (Å²) in [6.45, 7) is 1.42. The number of thiazole rings is 1. The molecule has 35 heavy (non-hydrogen) atoms. The largest absolute Gasteiger partial charge is 0.433 e. The highest BCUT2D eigenvalue weighted by molar-refractivity contribution is 7.92. The number of rotatable bonds is 7. The summed E-state index contributed by atoms with van der Waals surface area (Å²) >= 11 is 7.53. The predicted molar refractivity (Wildman–Crippen MR) is 126 cm³/mol. The smallest absolute Gasteiger partial charge is 0.369 e. The Morgan fingerprint density at radius 2 is 2.06 bits per heavy atom. The van der Waals surface area contributed by atoms with Gasteiger partial charge in [0.1, 0.15) is 16.4 Å². The second kappa shape index (κ2) is 9.88. The average molecular weight is 550 g/mol. The van der Waals surface area contributed by atoms with Crippen molar-refractivity contribution in [1.29, 1.82) is 0 Å². The molecule has 0 amide bonds. The molecule has 3 aromatic rings. The van der Waals surface area contributed by atoms with Gasteiger partial charge in [-0.2, -0.15) is 13.2 Å². The first-order chi connectivity index (χ1) is 16.4. The van der Waals surface area contributed by atoms with E-state index >= 15 is 0 Å². The van der Waals surface area contributed by atoms with Gasteiger partial charge in [0.25, 0.3) is 10.0 Å². The maximum atomic E-state index is 14.9. The summed E-state index contributed by atoms with van der Waals surface area (Å²) in [4.78, 5) is 10.3. The molecule has 1 aliphatic rings. The molecule has 14 heteroatoms. The summed E-state index contributed by atoms with van der Waals surface area (Å²) in [5, 5.41) is 1.52. The Bertz CT molecular complexity index is 1310. The number of aromatic nitrogens is 2. The first kappa shape index (κ1) is 25.6. The third-order valence-corrected chi connectivity index (χ3v) is 7.92. The Hall–Kier alpha value is -2.48. The van der Waals surface area contributed by atoms with Gasteiger partial charge in [-0.05, 0) is 30.2 Å². The fourth-order valence-electron chi connectivity index (χ4n) is 3.90. The molecule has 0 radical (unpaired) electrons. The lowest BCUT2D eigenvalue weighted by Crippen LogP contribution is -2.34. The number of halogens is 5. The first-order valence-corrected chi connectivity index (χ1v) is 13.1. The zero-order valence-electron chi connectivity index (χ0n) is 18.3. The Morgan fingerprint density at radius 3 is 2.74 bits per heavy atom. The van der Waals surface area contributed by atoms with Crippen molar-refractivity contribution in [3.63, 3.8) is 0 Å². The fraction of sp³-hybridized carbons (Fsp3) is 0.333. The van der Waals surface area contributed by atoms with Crippen molar-refractivity contribution in [2.75, 3.05) is 29.8 Å². The number of pyridine rings is 1. The van der Waals surface area contributed by atoms with Crippen LogP contribution in [0.2, 0.25) is 5.02 Å². The van der Waals surface area contributed by atoms with Gasteiger partial charge in [0.15, 0.2) is 5.82 Å². The van der Waals surface area contributed by atoms with Crippen LogP contribution in [0.4, 0.5) is 29.1 Å². The summed E-state index contributed by atoms with van der Waals surface area (Å²) in [6, 6.07) is 4.59. The molecule has 1 fully saturated rings. The van der Waals surface area contributed by atoms with Crippen molar-refractivity contribution < 1.29 is 26.0 Å². The molecule has 1 N–H and O–H groups in total. The monoisotopic (exact) mass is 549 g/mol. The molecule has 2 aromatic heterocycles. The molecule has 0 bridgehead atoms. The highest BCUT2D eigenvalue weighted by Gasteiger charge is 2.33. The minimum absolute atomic E-state index is 0.0509. The van der Waals surface area contributed by atoms with Crippen LogP contribution < -0.4 is 9.62 Å². The van der Waals surface area contributed by atoms with Gasteiger partial charge >= 0.3 is 6.18 Å². The van der Waals surface area contributed by atoms with E-state index in [0.29, 0.717) is 37.3 Å². The van der Waals surface area contributed by atoms with Crippen LogP contribution in [-0.4, -0.2) is 49.5 Å². The molecule has 1 aliphatic heterocycles. The van der Waals surface area contributed by atoms with Crippen molar-refractivity contribution in [1.82, 2.24) is 14.9 Å². The van der Waals surface area contributed by atoms with Gasteiger partial charge in [-0.1, -0.05) is 11.6 Å². The average Bonchev–Trinajstić information content (AvgIpc) is 3.46. The van der Waals surface area contributed by atoms with Crippen molar-refractivity contribution in [2.45, 2.75) is 30.1 Å². The van der Waals surface area contributed by atoms with Gasteiger partial charge in [0.2, 0.25) is 0 Å². The van der Waals surface area contributed by atoms with Crippen LogP contribution in [0.15, 0.2) is 46.2 Å². The van der Waals surface area contributed by atoms with Gasteiger partial charge in [0, 0.05) is 50.4 Å². The van der Waals surface area contributed by atoms with Crippen LogP contribution in [0.3, 0.4) is 0 Å². The molecule has 1 atom stereocenters. The van der Waals surface area contributed by atoms with Gasteiger partial charge in [-0.15, -0.1) is 11.3 Å². The second-order valence-corrected chi connectivity index (χ2v) is 10.8. The predicted octanol–water partition coefficient (Wildman–Crippen LogP) is 4.86. The SMILES string of the molecule is CN(c1cc(F)c(S(=O)(=O)Nc2cscn2)cc1Cl)C1CCN(Cc2ccnc(C(F)(F)F)c2)C1. The molecular formula is C21H20ClF4N5O2S2. The van der Waals surface area contributed by atoms with E-state index in [0.717, 1.165) is 24.4 Å². The number of hydrogen-bond donors (Lipinski definition) is 1. The molecule has 1 saturated heterocycles. The normalized spacial score (nSPS) is 17.0. The molecule has 1 unspecified atom stereocenters. The summed E-state index contributed by atoms with van der Waals surface area (Å²) in [6.07, 6.45) is -2.71. The van der Waals surface area contributed by atoms with Crippen LogP contribution in [0, 0.1) is 5.82 Å². The van der Waals surface area contributed by atoms with Crippen molar-refractivity contribution in [3.8, 4) is 0 Å². The molecule has 0 saturated carbocycles. The van der Waals surface area contributed by atoms with E-state index in [1.54, 1.807) is 11.9 Å². The van der Waals surface area contributed by atoms with Crippen LogP contribution in [0.1, 0.15) is 17.7 Å². The minimum atomic E-state index is -4.51. The summed E-state index contributed by atoms with van der Waals surface area (Å²) in [7, 11) is -2.52. The van der Waals surface area contributed by atoms with E-state index in [1.165, 1.54) is 28.3 Å². The summed E-state index contributed by atoms with van der Waals surface area (Å²) < 4.78 is 81.0. The molecule has 0 aliphatic carbocycles. The van der Waals surface area contributed by atoms with Crippen LogP contribution in [0.25, 0.3) is 0 Å². The Kier molecular flexibility index (Phi) is 7.23. The van der Waals surface area contributed by atoms with Crippen LogP contribution >= 0.6 is 22.9 Å². The van der Waals surface area contributed by atoms with Crippen LogP contribution in [0.5, 0.6) is 0 Å². The zero-order valence-corrected chi connectivity index (χ0v) is 20.6. The number of benzene rings is 1. The van der Waals surface area contributed by atoms with E-state index in [-0.39, 0.29) is 16.9 Å².